The van der Waals surface area contributed by atoms with Crippen molar-refractivity contribution in [3.63, 3.8) is 0 Å². The average Bonchev–Trinajstić information content (AvgIpc) is 3.06. The van der Waals surface area contributed by atoms with E-state index in [-0.39, 0.29) is 16.4 Å². The maximum Gasteiger partial charge on any atom is 0.269 e. The molecule has 0 amide bonds. The fourth-order valence-electron chi connectivity index (χ4n) is 3.23. The highest BCUT2D eigenvalue weighted by Gasteiger charge is 2.31. The van der Waals surface area contributed by atoms with Crippen LogP contribution < -0.4 is 5.32 Å². The normalized spacial score (nSPS) is 17.4. The molecule has 2 aromatic heterocycles. The Hall–Kier alpha value is -2.91. The van der Waals surface area contributed by atoms with E-state index in [9.17, 15) is 12.8 Å². The number of rotatable bonds is 3. The Kier molecular flexibility index (Phi) is 4.59. The molecule has 0 aliphatic carbocycles. The van der Waals surface area contributed by atoms with Crippen LogP contribution in [0.1, 0.15) is 17.3 Å². The average molecular weight is 434 g/mol. The molecule has 0 saturated carbocycles. The number of aromatic nitrogens is 2. The lowest BCUT2D eigenvalue weighted by molar-refractivity contribution is 0.320. The van der Waals surface area contributed by atoms with Crippen molar-refractivity contribution < 1.29 is 12.8 Å². The summed E-state index contributed by atoms with van der Waals surface area (Å²) in [6, 6.07) is 8.11. The molecule has 3 heterocycles. The third kappa shape index (κ3) is 3.16. The molecule has 1 aromatic carbocycles. The van der Waals surface area contributed by atoms with Gasteiger partial charge in [-0.25, -0.2) is 21.8 Å². The fourth-order valence-corrected chi connectivity index (χ4v) is 4.72. The van der Waals surface area contributed by atoms with Crippen LogP contribution in [-0.2, 0) is 10.0 Å². The number of fused-ring (bicyclic) bond motifs is 1. The van der Waals surface area contributed by atoms with Crippen LogP contribution in [0.25, 0.3) is 11.0 Å². The van der Waals surface area contributed by atoms with Crippen molar-refractivity contribution in [3.05, 3.63) is 70.9 Å². The molecule has 3 aromatic rings. The van der Waals surface area contributed by atoms with Gasteiger partial charge < -0.3 is 10.2 Å². The summed E-state index contributed by atoms with van der Waals surface area (Å²) in [6.45, 7) is 1.87. The van der Waals surface area contributed by atoms with Crippen molar-refractivity contribution in [1.29, 1.82) is 5.41 Å². The summed E-state index contributed by atoms with van der Waals surface area (Å²) in [6.07, 6.45) is 3.22. The number of nitrogens with one attached hydrogen (secondary N) is 2. The first kappa shape index (κ1) is 19.4. The molecule has 10 heteroatoms. The molecule has 2 N–H and O–H groups in total. The Morgan fingerprint density at radius 2 is 1.97 bits per heavy atom. The Morgan fingerprint density at radius 1 is 1.28 bits per heavy atom. The van der Waals surface area contributed by atoms with Crippen molar-refractivity contribution in [1.82, 2.24) is 19.2 Å². The second-order valence-electron chi connectivity index (χ2n) is 6.74. The van der Waals surface area contributed by atoms with Crippen molar-refractivity contribution in [2.45, 2.75) is 18.0 Å². The van der Waals surface area contributed by atoms with Gasteiger partial charge in [0.1, 0.15) is 6.17 Å². The maximum atomic E-state index is 13.7. The third-order valence-corrected chi connectivity index (χ3v) is 6.69. The molecule has 4 rings (SSSR count). The standard InChI is InChI=1S/C19H17ClFN5O2S/c1-11-3-5-13(6-4-11)29(27,28)26-10-15(14-7-12(20)8-23-19(14)26)18-24-9-16(21)17(22)25(18)2/h3-10,18,22,24H,1-2H3. The van der Waals surface area contributed by atoms with E-state index in [1.807, 2.05) is 6.92 Å². The molecule has 0 radical (unpaired) electrons. The van der Waals surface area contributed by atoms with Crippen LogP contribution in [0.4, 0.5) is 4.39 Å². The van der Waals surface area contributed by atoms with Crippen molar-refractivity contribution in [3.8, 4) is 0 Å². The van der Waals surface area contributed by atoms with Crippen LogP contribution in [0.5, 0.6) is 0 Å². The SMILES string of the molecule is Cc1ccc(S(=O)(=O)n2cc(C3NC=C(F)C(=N)N3C)c3cc(Cl)cnc32)cc1. The van der Waals surface area contributed by atoms with E-state index in [4.69, 9.17) is 17.0 Å². The van der Waals surface area contributed by atoms with Gasteiger partial charge in [0, 0.05) is 36.6 Å². The van der Waals surface area contributed by atoms with Gasteiger partial charge in [0.2, 0.25) is 0 Å². The molecule has 0 fully saturated rings. The van der Waals surface area contributed by atoms with Crippen LogP contribution in [0, 0.1) is 12.3 Å². The summed E-state index contributed by atoms with van der Waals surface area (Å²) in [7, 11) is -2.39. The quantitative estimate of drug-likeness (QED) is 0.659. The second-order valence-corrected chi connectivity index (χ2v) is 9.00. The molecule has 1 aliphatic rings. The van der Waals surface area contributed by atoms with E-state index in [1.165, 1.54) is 29.4 Å². The number of pyridine rings is 1. The smallest absolute Gasteiger partial charge is 0.269 e. The topological polar surface area (TPSA) is 91.1 Å². The minimum atomic E-state index is -3.93. The van der Waals surface area contributed by atoms with Crippen LogP contribution in [0.15, 0.2) is 59.6 Å². The molecule has 150 valence electrons. The van der Waals surface area contributed by atoms with Crippen molar-refractivity contribution in [2.24, 2.45) is 0 Å². The Balaban J connectivity index is 1.94. The molecule has 0 bridgehead atoms. The van der Waals surface area contributed by atoms with Gasteiger partial charge in [-0.05, 0) is 25.1 Å². The summed E-state index contributed by atoms with van der Waals surface area (Å²) in [5.74, 6) is -1.03. The summed E-state index contributed by atoms with van der Waals surface area (Å²) < 4.78 is 41.4. The number of amidine groups is 1. The number of aryl methyl sites for hydroxylation is 1. The largest absolute Gasteiger partial charge is 0.365 e. The number of hydrogen-bond acceptors (Lipinski definition) is 5. The molecule has 7 nitrogen and oxygen atoms in total. The lowest BCUT2D eigenvalue weighted by Gasteiger charge is -2.33. The lowest BCUT2D eigenvalue weighted by Crippen LogP contribution is -2.41. The highest BCUT2D eigenvalue weighted by molar-refractivity contribution is 7.90. The van der Waals surface area contributed by atoms with Crippen LogP contribution in [0.3, 0.4) is 0 Å². The fraction of sp³-hybridized carbons (Fsp3) is 0.158. The predicted molar refractivity (Wildman–Crippen MR) is 109 cm³/mol. The van der Waals surface area contributed by atoms with Crippen LogP contribution >= 0.6 is 11.6 Å². The van der Waals surface area contributed by atoms with Gasteiger partial charge in [-0.1, -0.05) is 29.3 Å². The highest BCUT2D eigenvalue weighted by Crippen LogP contribution is 2.33. The van der Waals surface area contributed by atoms with Gasteiger partial charge in [-0.3, -0.25) is 5.41 Å². The number of halogens is 2. The Morgan fingerprint density at radius 3 is 2.66 bits per heavy atom. The molecular weight excluding hydrogens is 417 g/mol. The van der Waals surface area contributed by atoms with Gasteiger partial charge in [-0.15, -0.1) is 0 Å². The number of nitrogens with zero attached hydrogens (tertiary/aromatic N) is 3. The van der Waals surface area contributed by atoms with Gasteiger partial charge in [0.25, 0.3) is 10.0 Å². The van der Waals surface area contributed by atoms with Gasteiger partial charge in [0.15, 0.2) is 17.3 Å². The van der Waals surface area contributed by atoms with E-state index < -0.39 is 22.0 Å². The Bertz CT molecular complexity index is 1270. The molecule has 0 saturated heterocycles. The highest BCUT2D eigenvalue weighted by atomic mass is 35.5. The van der Waals surface area contributed by atoms with E-state index in [2.05, 4.69) is 10.3 Å². The first-order valence-electron chi connectivity index (χ1n) is 8.62. The lowest BCUT2D eigenvalue weighted by atomic mass is 10.1. The van der Waals surface area contributed by atoms with Crippen LogP contribution in [0.2, 0.25) is 5.02 Å². The summed E-state index contributed by atoms with van der Waals surface area (Å²) in [4.78, 5) is 5.71. The second kappa shape index (κ2) is 6.85. The number of hydrogen-bond donors (Lipinski definition) is 2. The van der Waals surface area contributed by atoms with Crippen molar-refractivity contribution >= 4 is 38.5 Å². The van der Waals surface area contributed by atoms with E-state index >= 15 is 0 Å². The third-order valence-electron chi connectivity index (χ3n) is 4.82. The zero-order valence-electron chi connectivity index (χ0n) is 15.5. The molecule has 29 heavy (non-hydrogen) atoms. The molecule has 1 aliphatic heterocycles. The maximum absolute atomic E-state index is 13.7. The monoisotopic (exact) mass is 433 g/mol. The minimum Gasteiger partial charge on any atom is -0.365 e. The summed E-state index contributed by atoms with van der Waals surface area (Å²) in [5.41, 5.74) is 1.63. The summed E-state index contributed by atoms with van der Waals surface area (Å²) >= 11 is 6.11. The molecular formula is C19H17ClFN5O2S. The van der Waals surface area contributed by atoms with Gasteiger partial charge >= 0.3 is 0 Å². The minimum absolute atomic E-state index is 0.118. The van der Waals surface area contributed by atoms with Crippen LogP contribution in [-0.4, -0.2) is 35.2 Å². The van der Waals surface area contributed by atoms with E-state index in [0.29, 0.717) is 16.0 Å². The molecule has 0 spiro atoms. The zero-order chi connectivity index (χ0) is 20.9. The molecule has 1 unspecified atom stereocenters. The Labute approximate surface area is 172 Å². The van der Waals surface area contributed by atoms with Gasteiger partial charge in [0.05, 0.1) is 9.92 Å². The number of benzene rings is 1. The first-order chi connectivity index (χ1) is 13.7. The number of likely N-dealkylation sites (N-methyl/N-ethyl adjacent to an activating group) is 1. The van der Waals surface area contributed by atoms with E-state index in [1.54, 1.807) is 25.2 Å². The van der Waals surface area contributed by atoms with Gasteiger partial charge in [-0.2, -0.15) is 0 Å². The predicted octanol–water partition coefficient (Wildman–Crippen LogP) is 3.56. The zero-order valence-corrected chi connectivity index (χ0v) is 17.1. The summed E-state index contributed by atoms with van der Waals surface area (Å²) in [5, 5.41) is 11.6. The first-order valence-corrected chi connectivity index (χ1v) is 10.4. The molecule has 1 atom stereocenters. The van der Waals surface area contributed by atoms with E-state index in [0.717, 1.165) is 15.7 Å². The van der Waals surface area contributed by atoms with Crippen molar-refractivity contribution in [2.75, 3.05) is 7.05 Å².